The fraction of sp³-hybridized carbons (Fsp3) is 0.400. The Kier molecular flexibility index (Phi) is 2.93. The van der Waals surface area contributed by atoms with Crippen LogP contribution in [-0.4, -0.2) is 11.8 Å². The number of piperidine rings is 1. The fourth-order valence-electron chi connectivity index (χ4n) is 1.75. The molecule has 0 saturated carbocycles. The SMILES string of the molecule is CC1C(=O)NC(=O)CC1c1sccc1Br. The molecule has 80 valence electrons. The van der Waals surface area contributed by atoms with Crippen molar-refractivity contribution < 1.29 is 9.59 Å². The topological polar surface area (TPSA) is 46.2 Å². The maximum Gasteiger partial charge on any atom is 0.230 e. The first-order chi connectivity index (χ1) is 7.09. The monoisotopic (exact) mass is 287 g/mol. The Balaban J connectivity index is 2.32. The van der Waals surface area contributed by atoms with Crippen molar-refractivity contribution in [1.29, 1.82) is 0 Å². The van der Waals surface area contributed by atoms with Gasteiger partial charge in [0.15, 0.2) is 0 Å². The largest absolute Gasteiger partial charge is 0.296 e. The molecule has 3 nitrogen and oxygen atoms in total. The lowest BCUT2D eigenvalue weighted by Crippen LogP contribution is -2.43. The molecule has 15 heavy (non-hydrogen) atoms. The maximum atomic E-state index is 11.5. The standard InChI is InChI=1S/C10H10BrNO2S/c1-5-6(4-8(13)12-10(5)14)9-7(11)2-3-15-9/h2-3,5-6H,4H2,1H3,(H,12,13,14). The summed E-state index contributed by atoms with van der Waals surface area (Å²) in [6.45, 7) is 1.86. The quantitative estimate of drug-likeness (QED) is 0.806. The molecule has 2 rings (SSSR count). The van der Waals surface area contributed by atoms with Crippen LogP contribution in [-0.2, 0) is 9.59 Å². The van der Waals surface area contributed by atoms with E-state index in [-0.39, 0.29) is 23.7 Å². The van der Waals surface area contributed by atoms with Crippen LogP contribution in [0.25, 0.3) is 0 Å². The van der Waals surface area contributed by atoms with Crippen molar-refractivity contribution in [2.45, 2.75) is 19.3 Å². The summed E-state index contributed by atoms with van der Waals surface area (Å²) in [4.78, 5) is 23.9. The van der Waals surface area contributed by atoms with Crippen molar-refractivity contribution in [2.75, 3.05) is 0 Å². The molecule has 0 spiro atoms. The molecule has 1 aromatic heterocycles. The van der Waals surface area contributed by atoms with E-state index in [2.05, 4.69) is 21.2 Å². The Hall–Kier alpha value is -0.680. The number of hydrogen-bond donors (Lipinski definition) is 1. The highest BCUT2D eigenvalue weighted by molar-refractivity contribution is 9.10. The van der Waals surface area contributed by atoms with Crippen LogP contribution in [0.2, 0.25) is 0 Å². The molecule has 0 aliphatic carbocycles. The molecule has 2 unspecified atom stereocenters. The minimum absolute atomic E-state index is 0.0145. The number of carbonyl (C=O) groups excluding carboxylic acids is 2. The molecule has 0 radical (unpaired) electrons. The van der Waals surface area contributed by atoms with E-state index < -0.39 is 0 Å². The fourth-order valence-corrected chi connectivity index (χ4v) is 3.63. The van der Waals surface area contributed by atoms with Crippen LogP contribution in [0, 0.1) is 5.92 Å². The van der Waals surface area contributed by atoms with Crippen LogP contribution in [0.5, 0.6) is 0 Å². The van der Waals surface area contributed by atoms with E-state index in [9.17, 15) is 9.59 Å². The third kappa shape index (κ3) is 1.99. The van der Waals surface area contributed by atoms with Gasteiger partial charge in [0.05, 0.1) is 0 Å². The Bertz CT molecular complexity index is 415. The highest BCUT2D eigenvalue weighted by atomic mass is 79.9. The number of imide groups is 1. The minimum atomic E-state index is -0.177. The average molecular weight is 288 g/mol. The van der Waals surface area contributed by atoms with E-state index in [0.29, 0.717) is 6.42 Å². The maximum absolute atomic E-state index is 11.5. The lowest BCUT2D eigenvalue weighted by atomic mass is 9.86. The second-order valence-electron chi connectivity index (χ2n) is 3.64. The molecule has 0 bridgehead atoms. The molecule has 1 fully saturated rings. The smallest absolute Gasteiger partial charge is 0.230 e. The third-order valence-corrected chi connectivity index (χ3v) is 4.67. The van der Waals surface area contributed by atoms with Gasteiger partial charge in [-0.05, 0) is 27.4 Å². The lowest BCUT2D eigenvalue weighted by Gasteiger charge is -2.26. The molecule has 2 heterocycles. The van der Waals surface area contributed by atoms with Gasteiger partial charge in [-0.25, -0.2) is 0 Å². The third-order valence-electron chi connectivity index (χ3n) is 2.67. The molecule has 1 N–H and O–H groups in total. The van der Waals surface area contributed by atoms with Gasteiger partial charge >= 0.3 is 0 Å². The predicted octanol–water partition coefficient (Wildman–Crippen LogP) is 2.28. The lowest BCUT2D eigenvalue weighted by molar-refractivity contribution is -0.136. The zero-order valence-corrected chi connectivity index (χ0v) is 10.5. The van der Waals surface area contributed by atoms with E-state index in [1.165, 1.54) is 0 Å². The zero-order chi connectivity index (χ0) is 11.0. The molecule has 2 atom stereocenters. The van der Waals surface area contributed by atoms with Crippen molar-refractivity contribution >= 4 is 39.1 Å². The second-order valence-corrected chi connectivity index (χ2v) is 5.45. The van der Waals surface area contributed by atoms with E-state index in [4.69, 9.17) is 0 Å². The van der Waals surface area contributed by atoms with Gasteiger partial charge in [-0.3, -0.25) is 14.9 Å². The highest BCUT2D eigenvalue weighted by Gasteiger charge is 2.35. The van der Waals surface area contributed by atoms with Crippen molar-refractivity contribution in [2.24, 2.45) is 5.92 Å². The first-order valence-corrected chi connectivity index (χ1v) is 6.33. The molecular formula is C10H10BrNO2S. The number of amides is 2. The van der Waals surface area contributed by atoms with E-state index in [1.807, 2.05) is 18.4 Å². The number of hydrogen-bond acceptors (Lipinski definition) is 3. The van der Waals surface area contributed by atoms with Gasteiger partial charge in [-0.15, -0.1) is 11.3 Å². The average Bonchev–Trinajstić information content (AvgIpc) is 2.58. The predicted molar refractivity (Wildman–Crippen MR) is 61.7 cm³/mol. The van der Waals surface area contributed by atoms with Crippen LogP contribution in [0.1, 0.15) is 24.1 Å². The Morgan fingerprint density at radius 1 is 1.53 bits per heavy atom. The summed E-state index contributed by atoms with van der Waals surface area (Å²) < 4.78 is 0.992. The van der Waals surface area contributed by atoms with Crippen molar-refractivity contribution in [3.63, 3.8) is 0 Å². The summed E-state index contributed by atoms with van der Waals surface area (Å²) in [5, 5.41) is 4.31. The summed E-state index contributed by atoms with van der Waals surface area (Å²) >= 11 is 5.02. The molecular weight excluding hydrogens is 278 g/mol. The second kappa shape index (κ2) is 4.06. The number of rotatable bonds is 1. The molecule has 0 aromatic carbocycles. The number of nitrogens with one attached hydrogen (secondary N) is 1. The van der Waals surface area contributed by atoms with Crippen molar-refractivity contribution in [3.8, 4) is 0 Å². The van der Waals surface area contributed by atoms with Gasteiger partial charge in [0.1, 0.15) is 0 Å². The highest BCUT2D eigenvalue weighted by Crippen LogP contribution is 2.38. The summed E-state index contributed by atoms with van der Waals surface area (Å²) in [5.41, 5.74) is 0. The van der Waals surface area contributed by atoms with Crippen molar-refractivity contribution in [1.82, 2.24) is 5.32 Å². The summed E-state index contributed by atoms with van der Waals surface area (Å²) in [6.07, 6.45) is 0.395. The number of thiophene rings is 1. The van der Waals surface area contributed by atoms with Crippen LogP contribution in [0.3, 0.4) is 0 Å². The van der Waals surface area contributed by atoms with Gasteiger partial charge in [0, 0.05) is 27.6 Å². The number of halogens is 1. The first-order valence-electron chi connectivity index (χ1n) is 4.66. The van der Waals surface area contributed by atoms with Crippen LogP contribution >= 0.6 is 27.3 Å². The summed E-state index contributed by atoms with van der Waals surface area (Å²) in [6, 6.07) is 1.95. The molecule has 1 aliphatic heterocycles. The first kappa shape index (κ1) is 10.8. The van der Waals surface area contributed by atoms with E-state index >= 15 is 0 Å². The normalized spacial score (nSPS) is 26.5. The molecule has 1 aliphatic rings. The molecule has 1 aromatic rings. The van der Waals surface area contributed by atoms with Gasteiger partial charge < -0.3 is 0 Å². The molecule has 2 amide bonds. The van der Waals surface area contributed by atoms with Crippen molar-refractivity contribution in [3.05, 3.63) is 20.8 Å². The van der Waals surface area contributed by atoms with Gasteiger partial charge in [-0.1, -0.05) is 6.92 Å². The minimum Gasteiger partial charge on any atom is -0.296 e. The Labute approximate surface area is 100.0 Å². The van der Waals surface area contributed by atoms with Gasteiger partial charge in [0.2, 0.25) is 11.8 Å². The molecule has 1 saturated heterocycles. The Morgan fingerprint density at radius 2 is 2.27 bits per heavy atom. The summed E-state index contributed by atoms with van der Waals surface area (Å²) in [5.74, 6) is -0.474. The van der Waals surface area contributed by atoms with Gasteiger partial charge in [0.25, 0.3) is 0 Å². The van der Waals surface area contributed by atoms with E-state index in [1.54, 1.807) is 11.3 Å². The zero-order valence-electron chi connectivity index (χ0n) is 8.12. The van der Waals surface area contributed by atoms with Crippen LogP contribution in [0.4, 0.5) is 0 Å². The van der Waals surface area contributed by atoms with E-state index in [0.717, 1.165) is 9.35 Å². The van der Waals surface area contributed by atoms with Crippen LogP contribution < -0.4 is 5.32 Å². The van der Waals surface area contributed by atoms with Crippen LogP contribution in [0.15, 0.2) is 15.9 Å². The molecule has 5 heteroatoms. The Morgan fingerprint density at radius 3 is 2.87 bits per heavy atom. The summed E-state index contributed by atoms with van der Waals surface area (Å²) in [7, 11) is 0. The number of carbonyl (C=O) groups is 2. The van der Waals surface area contributed by atoms with Gasteiger partial charge in [-0.2, -0.15) is 0 Å².